The molecule has 2 aliphatic rings. The van der Waals surface area contributed by atoms with Crippen molar-refractivity contribution < 1.29 is 0 Å². The number of para-hydroxylation sites is 1. The van der Waals surface area contributed by atoms with Crippen molar-refractivity contribution in [2.75, 3.05) is 0 Å². The summed E-state index contributed by atoms with van der Waals surface area (Å²) < 4.78 is 1.77. The van der Waals surface area contributed by atoms with E-state index in [0.717, 1.165) is 11.3 Å². The molecule has 0 spiro atoms. The van der Waals surface area contributed by atoms with Crippen LogP contribution in [0.2, 0.25) is 0 Å². The molecular weight excluding hydrogens is 302 g/mol. The van der Waals surface area contributed by atoms with Crippen LogP contribution in [0.1, 0.15) is 0 Å². The van der Waals surface area contributed by atoms with Gasteiger partial charge in [0.05, 0.1) is 17.1 Å². The van der Waals surface area contributed by atoms with Gasteiger partial charge in [-0.2, -0.15) is 0 Å². The summed E-state index contributed by atoms with van der Waals surface area (Å²) in [5.74, 6) is 0.616. The molecule has 1 heterocycles. The Balaban J connectivity index is 2.08. The molecule has 1 aliphatic heterocycles. The van der Waals surface area contributed by atoms with Crippen LogP contribution in [0.3, 0.4) is 0 Å². The second kappa shape index (κ2) is 5.62. The van der Waals surface area contributed by atoms with Crippen molar-refractivity contribution in [3.05, 3.63) is 93.2 Å². The van der Waals surface area contributed by atoms with Gasteiger partial charge in [-0.05, 0) is 12.1 Å². The van der Waals surface area contributed by atoms with E-state index in [2.05, 4.69) is 10.1 Å². The van der Waals surface area contributed by atoms with Gasteiger partial charge in [-0.25, -0.2) is 4.98 Å². The summed E-state index contributed by atoms with van der Waals surface area (Å²) in [5.41, 5.74) is 1.67. The Morgan fingerprint density at radius 1 is 0.792 bits per heavy atom. The van der Waals surface area contributed by atoms with Crippen LogP contribution in [0, 0.1) is 0 Å². The molecule has 4 rings (SSSR count). The van der Waals surface area contributed by atoms with Crippen molar-refractivity contribution in [1.29, 1.82) is 0 Å². The van der Waals surface area contributed by atoms with Gasteiger partial charge in [0.1, 0.15) is 0 Å². The first-order valence-electron chi connectivity index (χ1n) is 7.50. The van der Waals surface area contributed by atoms with Crippen molar-refractivity contribution in [3.63, 3.8) is 0 Å². The van der Waals surface area contributed by atoms with Gasteiger partial charge in [0, 0.05) is 17.7 Å². The molecule has 2 aromatic carbocycles. The molecule has 1 aliphatic carbocycles. The molecule has 5 heteroatoms. The van der Waals surface area contributed by atoms with Gasteiger partial charge in [0.25, 0.3) is 0 Å². The van der Waals surface area contributed by atoms with Crippen molar-refractivity contribution in [3.8, 4) is 28.5 Å². The molecule has 0 unspecified atom stereocenters. The number of H-pyrrole nitrogens is 1. The van der Waals surface area contributed by atoms with Gasteiger partial charge in [0.15, 0.2) is 5.82 Å². The summed E-state index contributed by atoms with van der Waals surface area (Å²) >= 11 is 0. The summed E-state index contributed by atoms with van der Waals surface area (Å²) in [6.07, 6.45) is 0. The van der Waals surface area contributed by atoms with Crippen LogP contribution in [-0.2, 0) is 0 Å². The summed E-state index contributed by atoms with van der Waals surface area (Å²) in [6, 6.07) is 21.8. The predicted octanol–water partition coefficient (Wildman–Crippen LogP) is 2.69. The van der Waals surface area contributed by atoms with Crippen LogP contribution in [0.25, 0.3) is 28.5 Å². The zero-order valence-electron chi connectivity index (χ0n) is 12.6. The molecule has 0 amide bonds. The smallest absolute Gasteiger partial charge is 0.228 e. The van der Waals surface area contributed by atoms with E-state index in [1.54, 1.807) is 4.68 Å². The second-order valence-electron chi connectivity index (χ2n) is 5.40. The van der Waals surface area contributed by atoms with E-state index in [9.17, 15) is 9.59 Å². The number of aromatic amines is 1. The lowest BCUT2D eigenvalue weighted by molar-refractivity contribution is 0.827. The topological polar surface area (TPSA) is 67.8 Å². The average molecular weight is 315 g/mol. The maximum absolute atomic E-state index is 11.8. The monoisotopic (exact) mass is 315 g/mol. The molecule has 0 fully saturated rings. The predicted molar refractivity (Wildman–Crippen MR) is 92.5 cm³/mol. The molecule has 0 aromatic heterocycles. The Labute approximate surface area is 137 Å². The van der Waals surface area contributed by atoms with Gasteiger partial charge in [-0.3, -0.25) is 19.4 Å². The molecule has 0 bridgehead atoms. The standard InChI is InChI=1S/C19H13N3O2/c23-17-11-15-16(12-18(17)24)22(14-9-5-2-6-10-14)21-19(20-15)13-7-3-1-4-8-13/h1-12H,(H,20,21). The van der Waals surface area contributed by atoms with Crippen LogP contribution in [0.4, 0.5) is 0 Å². The molecule has 1 N–H and O–H groups in total. The van der Waals surface area contributed by atoms with E-state index in [4.69, 9.17) is 0 Å². The Morgan fingerprint density at radius 2 is 1.42 bits per heavy atom. The number of aromatic nitrogens is 3. The van der Waals surface area contributed by atoms with E-state index in [-0.39, 0.29) is 0 Å². The molecule has 0 saturated heterocycles. The highest BCUT2D eigenvalue weighted by Crippen LogP contribution is 2.23. The zero-order valence-corrected chi connectivity index (χ0v) is 12.6. The molecular formula is C19H13N3O2. The van der Waals surface area contributed by atoms with E-state index in [0.29, 0.717) is 17.2 Å². The molecule has 5 nitrogen and oxygen atoms in total. The summed E-state index contributed by atoms with van der Waals surface area (Å²) in [7, 11) is 0. The van der Waals surface area contributed by atoms with Crippen LogP contribution in [-0.4, -0.2) is 14.8 Å². The highest BCUT2D eigenvalue weighted by atomic mass is 16.2. The minimum atomic E-state index is -0.556. The summed E-state index contributed by atoms with van der Waals surface area (Å²) in [6.45, 7) is 0. The highest BCUT2D eigenvalue weighted by molar-refractivity contribution is 5.64. The lowest BCUT2D eigenvalue weighted by Crippen LogP contribution is -2.25. The largest absolute Gasteiger partial charge is 0.285 e. The van der Waals surface area contributed by atoms with E-state index >= 15 is 0 Å². The number of nitrogens with zero attached hydrogens (tertiary/aromatic N) is 2. The molecule has 116 valence electrons. The Kier molecular flexibility index (Phi) is 3.31. The number of hydrogen-bond donors (Lipinski definition) is 1. The van der Waals surface area contributed by atoms with Crippen LogP contribution in [0.15, 0.2) is 82.4 Å². The van der Waals surface area contributed by atoms with E-state index in [1.807, 2.05) is 60.7 Å². The van der Waals surface area contributed by atoms with Crippen molar-refractivity contribution >= 4 is 0 Å². The Morgan fingerprint density at radius 3 is 2.12 bits per heavy atom. The normalized spacial score (nSPS) is 10.8. The number of benzene rings is 3. The summed E-state index contributed by atoms with van der Waals surface area (Å²) in [5, 5.41) is 3.23. The zero-order chi connectivity index (χ0) is 16.5. The van der Waals surface area contributed by atoms with Crippen molar-refractivity contribution in [1.82, 2.24) is 14.8 Å². The quantitative estimate of drug-likeness (QED) is 0.578. The number of rotatable bonds is 2. The maximum atomic E-state index is 11.8. The number of hydrogen-bond acceptors (Lipinski definition) is 3. The lowest BCUT2D eigenvalue weighted by Gasteiger charge is -2.17. The van der Waals surface area contributed by atoms with E-state index < -0.39 is 10.9 Å². The SMILES string of the molecule is O=c1cc2nc(-c3ccccc3)[nH]n(-c3ccccc3)c-2cc1=O. The fraction of sp³-hybridized carbons (Fsp3) is 0. The van der Waals surface area contributed by atoms with Gasteiger partial charge in [-0.1, -0.05) is 48.5 Å². The van der Waals surface area contributed by atoms with Crippen LogP contribution >= 0.6 is 0 Å². The second-order valence-corrected chi connectivity index (χ2v) is 5.40. The first-order valence-corrected chi connectivity index (χ1v) is 7.50. The Bertz CT molecular complexity index is 1080. The average Bonchev–Trinajstić information content (AvgIpc) is 2.63. The highest BCUT2D eigenvalue weighted by Gasteiger charge is 2.15. The maximum Gasteiger partial charge on any atom is 0.228 e. The third kappa shape index (κ3) is 2.42. The van der Waals surface area contributed by atoms with Crippen LogP contribution in [0.5, 0.6) is 0 Å². The molecule has 2 aromatic rings. The first-order chi connectivity index (χ1) is 11.7. The molecule has 0 saturated carbocycles. The minimum absolute atomic E-state index is 0.473. The van der Waals surface area contributed by atoms with Gasteiger partial charge in [0.2, 0.25) is 10.9 Å². The van der Waals surface area contributed by atoms with Crippen molar-refractivity contribution in [2.45, 2.75) is 0 Å². The number of nitrogens with one attached hydrogen (secondary N) is 1. The van der Waals surface area contributed by atoms with Gasteiger partial charge in [-0.15, -0.1) is 0 Å². The fourth-order valence-corrected chi connectivity index (χ4v) is 2.62. The third-order valence-corrected chi connectivity index (χ3v) is 3.79. The number of fused-ring (bicyclic) bond motifs is 1. The fourth-order valence-electron chi connectivity index (χ4n) is 2.62. The molecule has 0 atom stereocenters. The van der Waals surface area contributed by atoms with Crippen molar-refractivity contribution in [2.24, 2.45) is 0 Å². The Hall–Kier alpha value is -3.47. The van der Waals surface area contributed by atoms with Gasteiger partial charge >= 0.3 is 0 Å². The van der Waals surface area contributed by atoms with Crippen LogP contribution < -0.4 is 10.9 Å². The minimum Gasteiger partial charge on any atom is -0.285 e. The first kappa shape index (κ1) is 14.1. The molecule has 24 heavy (non-hydrogen) atoms. The van der Waals surface area contributed by atoms with Gasteiger partial charge < -0.3 is 0 Å². The third-order valence-electron chi connectivity index (χ3n) is 3.79. The summed E-state index contributed by atoms with van der Waals surface area (Å²) in [4.78, 5) is 28.1. The molecule has 0 radical (unpaired) electrons. The lowest BCUT2D eigenvalue weighted by atomic mass is 10.1. The van der Waals surface area contributed by atoms with E-state index in [1.165, 1.54) is 12.1 Å².